The number of benzene rings is 2. The number of hydrogen-bond acceptors (Lipinski definition) is 5. The highest BCUT2D eigenvalue weighted by Crippen LogP contribution is 2.39. The fourth-order valence-electron chi connectivity index (χ4n) is 2.30. The van der Waals surface area contributed by atoms with E-state index in [2.05, 4.69) is 4.98 Å². The first-order valence-electron chi connectivity index (χ1n) is 7.55. The van der Waals surface area contributed by atoms with E-state index in [0.717, 1.165) is 11.1 Å². The maximum absolute atomic E-state index is 12.8. The zero-order chi connectivity index (χ0) is 19.1. The Morgan fingerprint density at radius 3 is 1.92 bits per heavy atom. The average Bonchev–Trinajstić information content (AvgIpc) is 3.02. The van der Waals surface area contributed by atoms with Gasteiger partial charge in [0.05, 0.1) is 4.90 Å². The molecule has 1 heterocycles. The first kappa shape index (κ1) is 18.5. The highest BCUT2D eigenvalue weighted by Gasteiger charge is 2.37. The highest BCUT2D eigenvalue weighted by atomic mass is 32.2. The predicted molar refractivity (Wildman–Crippen MR) is 95.0 cm³/mol. The van der Waals surface area contributed by atoms with Crippen molar-refractivity contribution in [1.29, 1.82) is 0 Å². The molecule has 3 rings (SSSR count). The van der Waals surface area contributed by atoms with Crippen molar-refractivity contribution in [3.63, 3.8) is 0 Å². The molecule has 0 fully saturated rings. The third-order valence-electron chi connectivity index (χ3n) is 3.73. The Morgan fingerprint density at radius 2 is 1.42 bits per heavy atom. The number of aryl methyl sites for hydroxylation is 2. The molecule has 1 aromatic heterocycles. The molecule has 0 atom stereocenters. The summed E-state index contributed by atoms with van der Waals surface area (Å²) in [6, 6.07) is 12.6. The second kappa shape index (κ2) is 6.48. The zero-order valence-electron chi connectivity index (χ0n) is 13.9. The highest BCUT2D eigenvalue weighted by molar-refractivity contribution is 7.92. The number of oxazole rings is 1. The Balaban J connectivity index is 2.21. The molecule has 0 amide bonds. The van der Waals surface area contributed by atoms with Crippen LogP contribution in [0.15, 0.2) is 62.9 Å². The first-order valence-corrected chi connectivity index (χ1v) is 10.6. The van der Waals surface area contributed by atoms with E-state index < -0.39 is 28.0 Å². The predicted octanol–water partition coefficient (Wildman–Crippen LogP) is 2.59. The second-order valence-corrected chi connectivity index (χ2v) is 9.22. The standard InChI is InChI=1S/C17H16NO6PS/c1-11-3-7-13(8-4-11)15-18-16(25(19,20)21)17(24-15)26(22,23)14-9-5-12(2)6-10-14/h3-10H,1-2H3,(H2,19,20,21). The maximum Gasteiger partial charge on any atom is 0.379 e. The molecular weight excluding hydrogens is 377 g/mol. The molecule has 0 spiro atoms. The molecular formula is C17H16NO6PS. The molecule has 0 saturated carbocycles. The van der Waals surface area contributed by atoms with E-state index in [4.69, 9.17) is 4.42 Å². The van der Waals surface area contributed by atoms with Gasteiger partial charge < -0.3 is 14.2 Å². The SMILES string of the molecule is Cc1ccc(-c2nc(P(=O)(O)O)c(S(=O)(=O)c3ccc(C)cc3)o2)cc1. The molecule has 0 radical (unpaired) electrons. The van der Waals surface area contributed by atoms with Crippen molar-refractivity contribution in [2.45, 2.75) is 23.8 Å². The largest absolute Gasteiger partial charge is 0.423 e. The first-order chi connectivity index (χ1) is 12.1. The Labute approximate surface area is 150 Å². The third-order valence-corrected chi connectivity index (χ3v) is 6.39. The van der Waals surface area contributed by atoms with Gasteiger partial charge >= 0.3 is 7.60 Å². The van der Waals surface area contributed by atoms with Crippen LogP contribution in [-0.2, 0) is 14.4 Å². The Morgan fingerprint density at radius 1 is 0.923 bits per heavy atom. The van der Waals surface area contributed by atoms with Gasteiger partial charge in [0.15, 0.2) is 0 Å². The van der Waals surface area contributed by atoms with Gasteiger partial charge in [0.2, 0.25) is 21.2 Å². The van der Waals surface area contributed by atoms with Crippen LogP contribution in [0.25, 0.3) is 11.5 Å². The van der Waals surface area contributed by atoms with Gasteiger partial charge in [0.25, 0.3) is 5.09 Å². The molecule has 0 aliphatic heterocycles. The van der Waals surface area contributed by atoms with Crippen LogP contribution in [-0.4, -0.2) is 23.2 Å². The summed E-state index contributed by atoms with van der Waals surface area (Å²) in [6.07, 6.45) is 0. The van der Waals surface area contributed by atoms with Gasteiger partial charge in [0.1, 0.15) is 0 Å². The van der Waals surface area contributed by atoms with E-state index in [0.29, 0.717) is 5.56 Å². The van der Waals surface area contributed by atoms with Crippen LogP contribution in [0, 0.1) is 13.8 Å². The van der Waals surface area contributed by atoms with Crippen LogP contribution in [0.5, 0.6) is 0 Å². The minimum atomic E-state index is -4.98. The van der Waals surface area contributed by atoms with Gasteiger partial charge in [-0.15, -0.1) is 0 Å². The van der Waals surface area contributed by atoms with Crippen LogP contribution < -0.4 is 5.44 Å². The Hall–Kier alpha value is -2.25. The monoisotopic (exact) mass is 393 g/mol. The van der Waals surface area contributed by atoms with E-state index >= 15 is 0 Å². The molecule has 0 bridgehead atoms. The molecule has 7 nitrogen and oxygen atoms in total. The fraction of sp³-hybridized carbons (Fsp3) is 0.118. The maximum atomic E-state index is 12.8. The summed E-state index contributed by atoms with van der Waals surface area (Å²) in [5, 5.41) is -0.842. The molecule has 9 heteroatoms. The van der Waals surface area contributed by atoms with Crippen LogP contribution in [0.2, 0.25) is 0 Å². The van der Waals surface area contributed by atoms with Crippen molar-refractivity contribution in [3.05, 3.63) is 59.7 Å². The second-order valence-electron chi connectivity index (χ2n) is 5.86. The summed E-state index contributed by atoms with van der Waals surface area (Å²) in [7, 11) is -9.26. The molecule has 26 heavy (non-hydrogen) atoms. The third kappa shape index (κ3) is 3.50. The smallest absolute Gasteiger partial charge is 0.379 e. The van der Waals surface area contributed by atoms with Gasteiger partial charge in [0, 0.05) is 5.56 Å². The summed E-state index contributed by atoms with van der Waals surface area (Å²) in [5.74, 6) is -0.172. The molecule has 0 aliphatic carbocycles. The molecule has 136 valence electrons. The van der Waals surface area contributed by atoms with Crippen LogP contribution >= 0.6 is 7.60 Å². The van der Waals surface area contributed by atoms with Gasteiger partial charge in [-0.1, -0.05) is 35.4 Å². The lowest BCUT2D eigenvalue weighted by Crippen LogP contribution is -2.15. The van der Waals surface area contributed by atoms with Crippen molar-refractivity contribution in [3.8, 4) is 11.5 Å². The molecule has 0 unspecified atom stereocenters. The lowest BCUT2D eigenvalue weighted by atomic mass is 10.1. The van der Waals surface area contributed by atoms with E-state index in [9.17, 15) is 22.8 Å². The minimum Gasteiger partial charge on any atom is -0.423 e. The van der Waals surface area contributed by atoms with E-state index in [-0.39, 0.29) is 10.8 Å². The van der Waals surface area contributed by atoms with Gasteiger partial charge in [-0.2, -0.15) is 4.98 Å². The van der Waals surface area contributed by atoms with Gasteiger partial charge in [-0.3, -0.25) is 4.57 Å². The number of hydrogen-bond donors (Lipinski definition) is 2. The van der Waals surface area contributed by atoms with Crippen molar-refractivity contribution in [2.75, 3.05) is 0 Å². The van der Waals surface area contributed by atoms with Crippen molar-refractivity contribution in [1.82, 2.24) is 4.98 Å². The summed E-state index contributed by atoms with van der Waals surface area (Å²) in [6.45, 7) is 3.66. The molecule has 0 aliphatic rings. The van der Waals surface area contributed by atoms with Crippen molar-refractivity contribution < 1.29 is 27.2 Å². The zero-order valence-corrected chi connectivity index (χ0v) is 15.7. The minimum absolute atomic E-state index is 0.135. The normalized spacial score (nSPS) is 12.3. The van der Waals surface area contributed by atoms with Gasteiger partial charge in [-0.25, -0.2) is 8.42 Å². The van der Waals surface area contributed by atoms with Crippen LogP contribution in [0.3, 0.4) is 0 Å². The van der Waals surface area contributed by atoms with E-state index in [1.54, 1.807) is 43.3 Å². The van der Waals surface area contributed by atoms with Gasteiger partial charge in [-0.05, 0) is 38.1 Å². The summed E-state index contributed by atoms with van der Waals surface area (Å²) in [5.41, 5.74) is 1.32. The van der Waals surface area contributed by atoms with Crippen LogP contribution in [0.1, 0.15) is 11.1 Å². The summed E-state index contributed by atoms with van der Waals surface area (Å²) < 4.78 is 42.8. The molecule has 2 aromatic carbocycles. The number of sulfone groups is 1. The summed E-state index contributed by atoms with van der Waals surface area (Å²) >= 11 is 0. The number of aromatic nitrogens is 1. The quantitative estimate of drug-likeness (QED) is 0.654. The summed E-state index contributed by atoms with van der Waals surface area (Å²) in [4.78, 5) is 22.8. The Kier molecular flexibility index (Phi) is 4.62. The topological polar surface area (TPSA) is 118 Å². The lowest BCUT2D eigenvalue weighted by molar-refractivity contribution is 0.383. The Bertz CT molecular complexity index is 1100. The molecule has 3 aromatic rings. The molecule has 2 N–H and O–H groups in total. The fourth-order valence-corrected chi connectivity index (χ4v) is 4.71. The average molecular weight is 393 g/mol. The number of rotatable bonds is 4. The lowest BCUT2D eigenvalue weighted by Gasteiger charge is -2.05. The van der Waals surface area contributed by atoms with E-state index in [1.807, 2.05) is 6.92 Å². The molecule has 0 saturated heterocycles. The van der Waals surface area contributed by atoms with Crippen LogP contribution in [0.4, 0.5) is 0 Å². The van der Waals surface area contributed by atoms with E-state index in [1.165, 1.54) is 12.1 Å². The van der Waals surface area contributed by atoms with Crippen molar-refractivity contribution in [2.24, 2.45) is 0 Å². The van der Waals surface area contributed by atoms with Crippen molar-refractivity contribution >= 4 is 22.9 Å². The number of nitrogens with zero attached hydrogens (tertiary/aromatic N) is 1.